The van der Waals surface area contributed by atoms with Crippen LogP contribution in [-0.2, 0) is 26.5 Å². The van der Waals surface area contributed by atoms with Crippen molar-refractivity contribution in [2.75, 3.05) is 4.90 Å². The molecule has 0 radical (unpaired) electrons. The summed E-state index contributed by atoms with van der Waals surface area (Å²) >= 11 is 0. The number of hydrogen-bond acceptors (Lipinski definition) is 1. The molecule has 90 valence electrons. The maximum absolute atomic E-state index is 13.5. The van der Waals surface area contributed by atoms with Crippen LogP contribution in [0.2, 0.25) is 0 Å². The van der Waals surface area contributed by atoms with Crippen molar-refractivity contribution < 1.29 is 35.3 Å². The van der Waals surface area contributed by atoms with E-state index in [4.69, 9.17) is 0 Å². The summed E-state index contributed by atoms with van der Waals surface area (Å²) in [4.78, 5) is 13.1. The first kappa shape index (κ1) is 14.3. The van der Waals surface area contributed by atoms with Crippen molar-refractivity contribution in [1.29, 1.82) is 0 Å². The minimum absolute atomic E-state index is 0. The molecular formula is C12H12F2NOTi-. The van der Waals surface area contributed by atoms with Gasteiger partial charge in [0.05, 0.1) is 0 Å². The molecule has 1 aromatic carbocycles. The second-order valence-corrected chi connectivity index (χ2v) is 4.55. The van der Waals surface area contributed by atoms with Gasteiger partial charge in [0.25, 0.3) is 0 Å². The predicted molar refractivity (Wildman–Crippen MR) is 56.0 cm³/mol. The van der Waals surface area contributed by atoms with Crippen LogP contribution in [0.4, 0.5) is 14.5 Å². The van der Waals surface area contributed by atoms with Crippen LogP contribution in [0.5, 0.6) is 0 Å². The topological polar surface area (TPSA) is 20.3 Å². The van der Waals surface area contributed by atoms with Crippen molar-refractivity contribution in [2.24, 2.45) is 0 Å². The smallest absolute Gasteiger partial charge is 0.216 e. The molecule has 2 nitrogen and oxygen atoms in total. The van der Waals surface area contributed by atoms with Crippen LogP contribution < -0.4 is 4.90 Å². The number of hydrogen-bond donors (Lipinski definition) is 0. The second-order valence-electron chi connectivity index (χ2n) is 4.55. The molecule has 0 bridgehead atoms. The molecule has 1 saturated heterocycles. The summed E-state index contributed by atoms with van der Waals surface area (Å²) in [6, 6.07) is 4.34. The van der Waals surface area contributed by atoms with E-state index in [9.17, 15) is 13.6 Å². The van der Waals surface area contributed by atoms with E-state index < -0.39 is 17.2 Å². The molecule has 0 aliphatic carbocycles. The van der Waals surface area contributed by atoms with E-state index in [1.54, 1.807) is 0 Å². The number of carbonyl (C=O) groups excluding carboxylic acids is 1. The summed E-state index contributed by atoms with van der Waals surface area (Å²) in [6.07, 6.45) is 1.06. The number of anilines is 1. The first-order chi connectivity index (χ1) is 7.42. The Labute approximate surface area is 114 Å². The monoisotopic (exact) mass is 272 g/mol. The van der Waals surface area contributed by atoms with Gasteiger partial charge in [-0.15, -0.1) is 18.2 Å². The molecule has 1 aliphatic heterocycles. The van der Waals surface area contributed by atoms with E-state index in [1.165, 1.54) is 11.0 Å². The van der Waals surface area contributed by atoms with Crippen molar-refractivity contribution in [1.82, 2.24) is 0 Å². The molecule has 1 amide bonds. The summed E-state index contributed by atoms with van der Waals surface area (Å²) < 4.78 is 26.3. The fourth-order valence-electron chi connectivity index (χ4n) is 2.04. The third kappa shape index (κ3) is 2.58. The molecule has 0 N–H and O–H groups in total. The van der Waals surface area contributed by atoms with Crippen molar-refractivity contribution in [3.8, 4) is 0 Å². The van der Waals surface area contributed by atoms with Gasteiger partial charge in [0.1, 0.15) is 0 Å². The number of benzene rings is 1. The molecule has 17 heavy (non-hydrogen) atoms. The SMILES string of the molecule is CC1(C)CCC(=O)N1c1ccc(F)[c-]c1F.[Ti]. The average Bonchev–Trinajstić information content (AvgIpc) is 2.43. The number of nitrogens with zero attached hydrogens (tertiary/aromatic N) is 1. The van der Waals surface area contributed by atoms with Gasteiger partial charge in [-0.2, -0.15) is 0 Å². The van der Waals surface area contributed by atoms with Gasteiger partial charge in [-0.1, -0.05) is 0 Å². The first-order valence-corrected chi connectivity index (χ1v) is 5.12. The van der Waals surface area contributed by atoms with E-state index in [0.29, 0.717) is 12.8 Å². The van der Waals surface area contributed by atoms with E-state index in [2.05, 4.69) is 0 Å². The molecule has 1 aromatic rings. The van der Waals surface area contributed by atoms with Gasteiger partial charge in [0.2, 0.25) is 5.91 Å². The van der Waals surface area contributed by atoms with Gasteiger partial charge in [-0.25, -0.2) is 8.78 Å². The van der Waals surface area contributed by atoms with Crippen molar-refractivity contribution in [3.63, 3.8) is 0 Å². The zero-order chi connectivity index (χ0) is 11.9. The van der Waals surface area contributed by atoms with Crippen molar-refractivity contribution in [2.45, 2.75) is 32.2 Å². The van der Waals surface area contributed by atoms with E-state index in [1.807, 2.05) is 19.9 Å². The largest absolute Gasteiger partial charge is 0.359 e. The van der Waals surface area contributed by atoms with Crippen LogP contribution in [0.3, 0.4) is 0 Å². The molecule has 1 aliphatic rings. The van der Waals surface area contributed by atoms with Crippen LogP contribution >= 0.6 is 0 Å². The zero-order valence-electron chi connectivity index (χ0n) is 9.68. The summed E-state index contributed by atoms with van der Waals surface area (Å²) in [6.45, 7) is 3.72. The molecular weight excluding hydrogens is 260 g/mol. The maximum atomic E-state index is 13.5. The third-order valence-corrected chi connectivity index (χ3v) is 2.89. The Hall–Kier alpha value is -0.736. The summed E-state index contributed by atoms with van der Waals surface area (Å²) in [5.41, 5.74) is -0.322. The Morgan fingerprint density at radius 1 is 1.35 bits per heavy atom. The minimum Gasteiger partial charge on any atom is -0.359 e. The van der Waals surface area contributed by atoms with Gasteiger partial charge in [-0.05, 0) is 26.0 Å². The second kappa shape index (κ2) is 4.87. The Bertz CT molecular complexity index is 448. The van der Waals surface area contributed by atoms with Crippen LogP contribution in [0, 0.1) is 17.7 Å². The Morgan fingerprint density at radius 3 is 2.47 bits per heavy atom. The number of amides is 1. The van der Waals surface area contributed by atoms with Gasteiger partial charge >= 0.3 is 0 Å². The predicted octanol–water partition coefficient (Wildman–Crippen LogP) is 2.67. The normalized spacial score (nSPS) is 18.1. The van der Waals surface area contributed by atoms with Gasteiger partial charge in [-0.3, -0.25) is 4.79 Å². The van der Waals surface area contributed by atoms with E-state index in [-0.39, 0.29) is 33.3 Å². The minimum atomic E-state index is -0.816. The van der Waals surface area contributed by atoms with Gasteiger partial charge < -0.3 is 4.90 Å². The molecule has 2 rings (SSSR count). The molecule has 0 spiro atoms. The number of rotatable bonds is 1. The average molecular weight is 272 g/mol. The van der Waals surface area contributed by atoms with Crippen molar-refractivity contribution >= 4 is 11.6 Å². The van der Waals surface area contributed by atoms with Crippen LogP contribution in [0.25, 0.3) is 0 Å². The Kier molecular flexibility index (Phi) is 4.10. The van der Waals surface area contributed by atoms with Crippen LogP contribution in [-0.4, -0.2) is 11.4 Å². The van der Waals surface area contributed by atoms with E-state index in [0.717, 1.165) is 6.07 Å². The molecule has 0 unspecified atom stereocenters. The molecule has 5 heteroatoms. The maximum Gasteiger partial charge on any atom is 0.216 e. The summed E-state index contributed by atoms with van der Waals surface area (Å²) in [5.74, 6) is -1.71. The quantitative estimate of drug-likeness (QED) is 0.568. The number of halogens is 2. The summed E-state index contributed by atoms with van der Waals surface area (Å²) in [5, 5.41) is 0. The first-order valence-electron chi connectivity index (χ1n) is 5.12. The van der Waals surface area contributed by atoms with Gasteiger partial charge in [0, 0.05) is 45.3 Å². The standard InChI is InChI=1S/C12H12F2NO.Ti/c1-12(2)6-5-11(16)15(12)10-4-3-8(13)7-9(10)14;/h3-4H,5-6H2,1-2H3;/q-1;. The Morgan fingerprint density at radius 2 is 2.00 bits per heavy atom. The van der Waals surface area contributed by atoms with Crippen LogP contribution in [0.1, 0.15) is 26.7 Å². The molecule has 0 saturated carbocycles. The Balaban J connectivity index is 0.00000144. The summed E-state index contributed by atoms with van der Waals surface area (Å²) in [7, 11) is 0. The number of carbonyl (C=O) groups is 1. The third-order valence-electron chi connectivity index (χ3n) is 2.89. The van der Waals surface area contributed by atoms with E-state index >= 15 is 0 Å². The molecule has 0 atom stereocenters. The molecule has 1 heterocycles. The molecule has 0 aromatic heterocycles. The van der Waals surface area contributed by atoms with Gasteiger partial charge in [0.15, 0.2) is 0 Å². The molecule has 1 fully saturated rings. The van der Waals surface area contributed by atoms with Crippen LogP contribution in [0.15, 0.2) is 12.1 Å². The fraction of sp³-hybridized carbons (Fsp3) is 0.417. The zero-order valence-corrected chi connectivity index (χ0v) is 11.2. The van der Waals surface area contributed by atoms with Crippen molar-refractivity contribution in [3.05, 3.63) is 29.8 Å². The fourth-order valence-corrected chi connectivity index (χ4v) is 2.04.